The second kappa shape index (κ2) is 12.0. The van der Waals surface area contributed by atoms with E-state index in [4.69, 9.17) is 9.15 Å². The summed E-state index contributed by atoms with van der Waals surface area (Å²) >= 11 is 0. The number of nitrogens with one attached hydrogen (secondary N) is 2. The summed E-state index contributed by atoms with van der Waals surface area (Å²) in [6.45, 7) is 3.03. The number of methoxy groups -OCH3 is 1. The van der Waals surface area contributed by atoms with Gasteiger partial charge in [-0.05, 0) is 66.3 Å². The van der Waals surface area contributed by atoms with Gasteiger partial charge in [-0.25, -0.2) is 0 Å². The molecule has 5 rings (SSSR count). The molecule has 8 nitrogen and oxygen atoms in total. The lowest BCUT2D eigenvalue weighted by atomic mass is 10.0. The molecular weight excluding hydrogens is 549 g/mol. The van der Waals surface area contributed by atoms with Crippen molar-refractivity contribution in [1.82, 2.24) is 4.98 Å². The topological polar surface area (TPSA) is 96.7 Å². The van der Waals surface area contributed by atoms with Crippen LogP contribution in [0.5, 0.6) is 5.75 Å². The number of anilines is 3. The molecule has 1 atom stereocenters. The monoisotopic (exact) mass is 578 g/mol. The molecule has 0 saturated carbocycles. The Morgan fingerprint density at radius 3 is 2.26 bits per heavy atom. The van der Waals surface area contributed by atoms with Crippen molar-refractivity contribution in [2.45, 2.75) is 25.9 Å². The van der Waals surface area contributed by atoms with Crippen molar-refractivity contribution in [2.24, 2.45) is 5.92 Å². The predicted octanol–water partition coefficient (Wildman–Crippen LogP) is 7.11. The van der Waals surface area contributed by atoms with Gasteiger partial charge in [-0.1, -0.05) is 43.3 Å². The normalized spacial score (nSPS) is 15.3. The number of carbonyl (C=O) groups is 2. The number of carbonyl (C=O) groups excluding carboxylic acids is 2. The van der Waals surface area contributed by atoms with Crippen LogP contribution in [0.3, 0.4) is 0 Å². The maximum absolute atomic E-state index is 13.7. The number of oxazole rings is 1. The zero-order chi connectivity index (χ0) is 29.9. The molecule has 0 spiro atoms. The molecule has 2 N–H and O–H groups in total. The van der Waals surface area contributed by atoms with Crippen molar-refractivity contribution < 1.29 is 31.9 Å². The first kappa shape index (κ1) is 28.7. The number of rotatable bonds is 7. The van der Waals surface area contributed by atoms with Gasteiger partial charge in [0.15, 0.2) is 5.69 Å². The summed E-state index contributed by atoms with van der Waals surface area (Å²) in [5.74, 6) is -1.38. The van der Waals surface area contributed by atoms with E-state index in [0.717, 1.165) is 24.0 Å². The zero-order valence-corrected chi connectivity index (χ0v) is 23.0. The number of nitrogens with zero attached hydrogens (tertiary/aromatic N) is 2. The van der Waals surface area contributed by atoms with E-state index in [1.54, 1.807) is 77.7 Å². The molecule has 3 aromatic carbocycles. The highest BCUT2D eigenvalue weighted by atomic mass is 19.4. The summed E-state index contributed by atoms with van der Waals surface area (Å²) in [6.07, 6.45) is -3.08. The molecule has 1 aromatic heterocycles. The standard InChI is InChI=1S/C31H29F3N4O4/c1-19-6-5-17-38(18-19)30-37-27(31(32,33)34)26(42-30)29(40)35-23-15-13-21(14-16-23)20-9-11-22(12-10-20)28(39)36-24-7-3-4-8-25(24)41-2/h3-4,7-16,19H,5-6,17-18H2,1-2H3,(H,35,40)(H,36,39). The van der Waals surface area contributed by atoms with Crippen LogP contribution in [0.25, 0.3) is 11.1 Å². The fourth-order valence-corrected chi connectivity index (χ4v) is 4.84. The van der Waals surface area contributed by atoms with Gasteiger partial charge in [0.05, 0.1) is 12.8 Å². The Bertz CT molecular complexity index is 1570. The van der Waals surface area contributed by atoms with Crippen LogP contribution in [-0.4, -0.2) is 37.0 Å². The van der Waals surface area contributed by atoms with Crippen LogP contribution in [0, 0.1) is 5.92 Å². The maximum atomic E-state index is 13.7. The highest BCUT2D eigenvalue weighted by Gasteiger charge is 2.42. The first-order valence-corrected chi connectivity index (χ1v) is 13.4. The molecule has 1 unspecified atom stereocenters. The van der Waals surface area contributed by atoms with Crippen LogP contribution >= 0.6 is 0 Å². The molecule has 4 aromatic rings. The van der Waals surface area contributed by atoms with Crippen LogP contribution in [-0.2, 0) is 6.18 Å². The average molecular weight is 579 g/mol. The van der Waals surface area contributed by atoms with Gasteiger partial charge in [0.25, 0.3) is 17.8 Å². The van der Waals surface area contributed by atoms with Crippen molar-refractivity contribution in [1.29, 1.82) is 0 Å². The van der Waals surface area contributed by atoms with Crippen molar-refractivity contribution in [2.75, 3.05) is 35.7 Å². The lowest BCUT2D eigenvalue weighted by Gasteiger charge is -2.29. The largest absolute Gasteiger partial charge is 0.495 e. The molecular formula is C31H29F3N4O4. The number of halogens is 3. The Morgan fingerprint density at radius 2 is 1.62 bits per heavy atom. The predicted molar refractivity (Wildman–Crippen MR) is 153 cm³/mol. The smallest absolute Gasteiger partial charge is 0.437 e. The highest BCUT2D eigenvalue weighted by molar-refractivity contribution is 6.05. The SMILES string of the molecule is COc1ccccc1NC(=O)c1ccc(-c2ccc(NC(=O)c3oc(N4CCCC(C)C4)nc3C(F)(F)F)cc2)cc1. The van der Waals surface area contributed by atoms with Crippen molar-refractivity contribution in [3.63, 3.8) is 0 Å². The highest BCUT2D eigenvalue weighted by Crippen LogP contribution is 2.35. The molecule has 11 heteroatoms. The fraction of sp³-hybridized carbons (Fsp3) is 0.258. The van der Waals surface area contributed by atoms with Gasteiger partial charge < -0.3 is 24.7 Å². The van der Waals surface area contributed by atoms with Gasteiger partial charge in [0, 0.05) is 24.3 Å². The molecule has 218 valence electrons. The zero-order valence-electron chi connectivity index (χ0n) is 23.0. The first-order valence-electron chi connectivity index (χ1n) is 13.4. The number of benzene rings is 3. The quantitative estimate of drug-likeness (QED) is 0.243. The lowest BCUT2D eigenvalue weighted by Crippen LogP contribution is -2.34. The molecule has 1 aliphatic heterocycles. The summed E-state index contributed by atoms with van der Waals surface area (Å²) in [4.78, 5) is 30.8. The van der Waals surface area contributed by atoms with Crippen LogP contribution < -0.4 is 20.3 Å². The summed E-state index contributed by atoms with van der Waals surface area (Å²) in [6, 6.07) is 20.4. The minimum absolute atomic E-state index is 0.200. The Balaban J connectivity index is 1.27. The molecule has 1 aliphatic rings. The minimum atomic E-state index is -4.85. The number of piperidine rings is 1. The maximum Gasteiger partial charge on any atom is 0.437 e. The van der Waals surface area contributed by atoms with Gasteiger partial charge in [-0.2, -0.15) is 18.2 Å². The van der Waals surface area contributed by atoms with Crippen molar-refractivity contribution in [3.05, 3.63) is 89.8 Å². The van der Waals surface area contributed by atoms with E-state index in [9.17, 15) is 22.8 Å². The van der Waals surface area contributed by atoms with E-state index in [-0.39, 0.29) is 23.5 Å². The number of alkyl halides is 3. The Morgan fingerprint density at radius 1 is 0.952 bits per heavy atom. The number of aromatic nitrogens is 1. The second-order valence-electron chi connectivity index (χ2n) is 10.1. The minimum Gasteiger partial charge on any atom is -0.495 e. The third-order valence-corrected chi connectivity index (χ3v) is 7.00. The fourth-order valence-electron chi connectivity index (χ4n) is 4.84. The summed E-state index contributed by atoms with van der Waals surface area (Å²) in [5.41, 5.74) is 1.52. The number of hydrogen-bond donors (Lipinski definition) is 2. The Kier molecular flexibility index (Phi) is 8.19. The Hall–Kier alpha value is -4.80. The average Bonchev–Trinajstić information content (AvgIpc) is 3.45. The van der Waals surface area contributed by atoms with Crippen LogP contribution in [0.4, 0.5) is 30.6 Å². The van der Waals surface area contributed by atoms with E-state index in [0.29, 0.717) is 30.1 Å². The van der Waals surface area contributed by atoms with E-state index in [1.165, 1.54) is 7.11 Å². The lowest BCUT2D eigenvalue weighted by molar-refractivity contribution is -0.141. The molecule has 1 saturated heterocycles. The molecule has 2 heterocycles. The summed E-state index contributed by atoms with van der Waals surface area (Å²) in [7, 11) is 1.52. The van der Waals surface area contributed by atoms with Crippen molar-refractivity contribution >= 4 is 29.2 Å². The van der Waals surface area contributed by atoms with Gasteiger partial charge in [0.1, 0.15) is 5.75 Å². The number of para-hydroxylation sites is 2. The molecule has 1 fully saturated rings. The van der Waals surface area contributed by atoms with Gasteiger partial charge in [-0.15, -0.1) is 0 Å². The van der Waals surface area contributed by atoms with Crippen LogP contribution in [0.1, 0.15) is 46.4 Å². The van der Waals surface area contributed by atoms with Crippen LogP contribution in [0.2, 0.25) is 0 Å². The summed E-state index contributed by atoms with van der Waals surface area (Å²) < 4.78 is 51.8. The third-order valence-electron chi connectivity index (χ3n) is 7.00. The summed E-state index contributed by atoms with van der Waals surface area (Å²) in [5, 5.41) is 5.30. The van der Waals surface area contributed by atoms with Crippen LogP contribution in [0.15, 0.2) is 77.2 Å². The molecule has 0 aliphatic carbocycles. The van der Waals surface area contributed by atoms with Gasteiger partial charge >= 0.3 is 6.18 Å². The van der Waals surface area contributed by atoms with Gasteiger partial charge in [0.2, 0.25) is 5.76 Å². The second-order valence-corrected chi connectivity index (χ2v) is 10.1. The number of hydrogen-bond acceptors (Lipinski definition) is 6. The number of ether oxygens (including phenoxy) is 1. The molecule has 2 amide bonds. The number of amides is 2. The van der Waals surface area contributed by atoms with Crippen molar-refractivity contribution in [3.8, 4) is 16.9 Å². The van der Waals surface area contributed by atoms with E-state index >= 15 is 0 Å². The van der Waals surface area contributed by atoms with E-state index < -0.39 is 23.5 Å². The first-order chi connectivity index (χ1) is 20.1. The Labute approximate surface area is 240 Å². The molecule has 42 heavy (non-hydrogen) atoms. The third kappa shape index (κ3) is 6.40. The molecule has 0 bridgehead atoms. The van der Waals surface area contributed by atoms with Gasteiger partial charge in [-0.3, -0.25) is 9.59 Å². The van der Waals surface area contributed by atoms with E-state index in [1.807, 2.05) is 6.92 Å². The van der Waals surface area contributed by atoms with E-state index in [2.05, 4.69) is 15.6 Å². The molecule has 0 radical (unpaired) electrons.